The van der Waals surface area contributed by atoms with E-state index in [-0.39, 0.29) is 36.4 Å². The third-order valence-corrected chi connectivity index (χ3v) is 3.65. The van der Waals surface area contributed by atoms with Crippen molar-refractivity contribution in [3.05, 3.63) is 15.6 Å². The number of carbonyl (C=O) groups is 1. The lowest BCUT2D eigenvalue weighted by molar-refractivity contribution is -0.119. The van der Waals surface area contributed by atoms with Gasteiger partial charge in [-0.2, -0.15) is 0 Å². The quantitative estimate of drug-likeness (QED) is 0.367. The zero-order valence-corrected chi connectivity index (χ0v) is 16.1. The number of likely N-dealkylation sites (N-methyl/N-ethyl adjacent to an activating group) is 1. The maximum Gasteiger partial charge on any atom is 0.241 e. The number of halogens is 1. The van der Waals surface area contributed by atoms with Gasteiger partial charge in [0.05, 0.1) is 12.2 Å². The number of nitrogens with one attached hydrogen (secondary N) is 3. The van der Waals surface area contributed by atoms with Crippen molar-refractivity contribution in [1.29, 1.82) is 0 Å². The van der Waals surface area contributed by atoms with Gasteiger partial charge < -0.3 is 16.0 Å². The third-order valence-electron chi connectivity index (χ3n) is 2.58. The number of aromatic nitrogens is 1. The summed E-state index contributed by atoms with van der Waals surface area (Å²) in [4.78, 5) is 21.3. The first-order valence-corrected chi connectivity index (χ1v) is 7.60. The fourth-order valence-corrected chi connectivity index (χ4v) is 2.39. The number of aliphatic imine (C=N–C) groups is 1. The molecule has 8 heteroatoms. The van der Waals surface area contributed by atoms with Crippen LogP contribution in [0.2, 0.25) is 0 Å². The van der Waals surface area contributed by atoms with E-state index in [1.54, 1.807) is 11.3 Å². The fraction of sp³-hybridized carbons (Fsp3) is 0.615. The second-order valence-electron chi connectivity index (χ2n) is 4.25. The Labute approximate surface area is 147 Å². The van der Waals surface area contributed by atoms with Crippen LogP contribution in [-0.2, 0) is 11.3 Å². The summed E-state index contributed by atoms with van der Waals surface area (Å²) in [6.45, 7) is 10.0. The van der Waals surface area contributed by atoms with Crippen LogP contribution in [0.3, 0.4) is 0 Å². The van der Waals surface area contributed by atoms with Gasteiger partial charge in [-0.15, -0.1) is 35.3 Å². The second kappa shape index (κ2) is 10.8. The molecule has 0 saturated heterocycles. The standard InChI is InChI=1S/C13H23N5OS.HI/c1-5-14-11(19)7-16-13(15-6-2)17-8-12-18-9(3)10(4)20-12;/h5-8H2,1-4H3,(H,14,19)(H2,15,16,17);1H. The van der Waals surface area contributed by atoms with E-state index in [4.69, 9.17) is 0 Å². The largest absolute Gasteiger partial charge is 0.357 e. The van der Waals surface area contributed by atoms with Gasteiger partial charge in [-0.05, 0) is 27.7 Å². The van der Waals surface area contributed by atoms with Crippen molar-refractivity contribution in [3.8, 4) is 0 Å². The Kier molecular flexibility index (Phi) is 10.3. The summed E-state index contributed by atoms with van der Waals surface area (Å²) in [5.41, 5.74) is 1.07. The van der Waals surface area contributed by atoms with Gasteiger partial charge in [0.25, 0.3) is 0 Å². The molecule has 0 aliphatic rings. The zero-order chi connectivity index (χ0) is 15.0. The van der Waals surface area contributed by atoms with Gasteiger partial charge in [-0.25, -0.2) is 9.98 Å². The highest BCUT2D eigenvalue weighted by molar-refractivity contribution is 14.0. The molecular formula is C13H24IN5OS. The third kappa shape index (κ3) is 7.60. The van der Waals surface area contributed by atoms with Crippen molar-refractivity contribution >= 4 is 47.2 Å². The van der Waals surface area contributed by atoms with E-state index in [2.05, 4.69) is 32.9 Å². The number of hydrogen-bond donors (Lipinski definition) is 3. The number of amides is 1. The number of nitrogens with zero attached hydrogens (tertiary/aromatic N) is 2. The number of carbonyl (C=O) groups excluding carboxylic acids is 1. The van der Waals surface area contributed by atoms with Gasteiger partial charge in [0.2, 0.25) is 5.91 Å². The lowest BCUT2D eigenvalue weighted by atomic mass is 10.4. The summed E-state index contributed by atoms with van der Waals surface area (Å²) in [5.74, 6) is 0.551. The van der Waals surface area contributed by atoms with E-state index < -0.39 is 0 Å². The molecule has 0 aromatic carbocycles. The van der Waals surface area contributed by atoms with Crippen molar-refractivity contribution in [2.24, 2.45) is 4.99 Å². The molecule has 21 heavy (non-hydrogen) atoms. The molecular weight excluding hydrogens is 401 g/mol. The molecule has 120 valence electrons. The molecule has 3 N–H and O–H groups in total. The SMILES string of the molecule is CCNC(=O)CN=C(NCC)NCc1nc(C)c(C)s1.I. The summed E-state index contributed by atoms with van der Waals surface area (Å²) in [6, 6.07) is 0. The predicted octanol–water partition coefficient (Wildman–Crippen LogP) is 1.57. The van der Waals surface area contributed by atoms with E-state index in [1.165, 1.54) is 4.88 Å². The van der Waals surface area contributed by atoms with Gasteiger partial charge in [-0.3, -0.25) is 4.79 Å². The van der Waals surface area contributed by atoms with Crippen molar-refractivity contribution in [3.63, 3.8) is 0 Å². The Morgan fingerprint density at radius 2 is 1.86 bits per heavy atom. The average molecular weight is 425 g/mol. The summed E-state index contributed by atoms with van der Waals surface area (Å²) in [5, 5.41) is 10.0. The molecule has 0 aliphatic heterocycles. The second-order valence-corrected chi connectivity index (χ2v) is 5.54. The molecule has 0 saturated carbocycles. The van der Waals surface area contributed by atoms with E-state index in [0.717, 1.165) is 17.2 Å². The van der Waals surface area contributed by atoms with E-state index in [1.807, 2.05) is 20.8 Å². The summed E-state index contributed by atoms with van der Waals surface area (Å²) >= 11 is 1.67. The van der Waals surface area contributed by atoms with Gasteiger partial charge in [0, 0.05) is 18.0 Å². The highest BCUT2D eigenvalue weighted by atomic mass is 127. The van der Waals surface area contributed by atoms with Crippen LogP contribution in [0.4, 0.5) is 0 Å². The Morgan fingerprint density at radius 1 is 1.19 bits per heavy atom. The minimum atomic E-state index is -0.0781. The zero-order valence-electron chi connectivity index (χ0n) is 12.9. The molecule has 0 spiro atoms. The predicted molar refractivity (Wildman–Crippen MR) is 98.5 cm³/mol. The van der Waals surface area contributed by atoms with E-state index >= 15 is 0 Å². The summed E-state index contributed by atoms with van der Waals surface area (Å²) < 4.78 is 0. The highest BCUT2D eigenvalue weighted by Crippen LogP contribution is 2.15. The van der Waals surface area contributed by atoms with Crippen molar-refractivity contribution < 1.29 is 4.79 Å². The lowest BCUT2D eigenvalue weighted by Crippen LogP contribution is -2.38. The number of rotatable bonds is 6. The molecule has 1 heterocycles. The van der Waals surface area contributed by atoms with Crippen LogP contribution in [0.25, 0.3) is 0 Å². The van der Waals surface area contributed by atoms with E-state index in [9.17, 15) is 4.79 Å². The lowest BCUT2D eigenvalue weighted by Gasteiger charge is -2.09. The minimum Gasteiger partial charge on any atom is -0.357 e. The number of guanidine groups is 1. The smallest absolute Gasteiger partial charge is 0.241 e. The van der Waals surface area contributed by atoms with Crippen LogP contribution < -0.4 is 16.0 Å². The van der Waals surface area contributed by atoms with Gasteiger partial charge in [0.15, 0.2) is 5.96 Å². The Balaban J connectivity index is 0.00000400. The first-order chi connectivity index (χ1) is 9.56. The summed E-state index contributed by atoms with van der Waals surface area (Å²) in [7, 11) is 0. The van der Waals surface area contributed by atoms with Crippen LogP contribution in [0.15, 0.2) is 4.99 Å². The molecule has 0 aliphatic carbocycles. The summed E-state index contributed by atoms with van der Waals surface area (Å²) in [6.07, 6.45) is 0. The van der Waals surface area contributed by atoms with Gasteiger partial charge >= 0.3 is 0 Å². The molecule has 1 aromatic heterocycles. The van der Waals surface area contributed by atoms with Crippen LogP contribution in [0, 0.1) is 13.8 Å². The Bertz CT molecular complexity index is 456. The number of thiazole rings is 1. The van der Waals surface area contributed by atoms with Crippen LogP contribution in [0.5, 0.6) is 0 Å². The molecule has 0 radical (unpaired) electrons. The maximum atomic E-state index is 11.4. The topological polar surface area (TPSA) is 78.4 Å². The highest BCUT2D eigenvalue weighted by Gasteiger charge is 2.05. The normalized spacial score (nSPS) is 10.8. The molecule has 6 nitrogen and oxygen atoms in total. The molecule has 0 unspecified atom stereocenters. The Morgan fingerprint density at radius 3 is 2.38 bits per heavy atom. The Hall–Kier alpha value is -0.900. The van der Waals surface area contributed by atoms with Crippen LogP contribution in [0.1, 0.15) is 29.4 Å². The first-order valence-electron chi connectivity index (χ1n) is 6.78. The monoisotopic (exact) mass is 425 g/mol. The first kappa shape index (κ1) is 20.1. The fourth-order valence-electron chi connectivity index (χ4n) is 1.52. The van der Waals surface area contributed by atoms with Crippen molar-refractivity contribution in [2.45, 2.75) is 34.2 Å². The number of aryl methyl sites for hydroxylation is 2. The van der Waals surface area contributed by atoms with Crippen molar-refractivity contribution in [2.75, 3.05) is 19.6 Å². The van der Waals surface area contributed by atoms with Crippen LogP contribution in [-0.4, -0.2) is 36.5 Å². The maximum absolute atomic E-state index is 11.4. The van der Waals surface area contributed by atoms with Gasteiger partial charge in [0.1, 0.15) is 11.6 Å². The number of hydrogen-bond acceptors (Lipinski definition) is 4. The molecule has 1 amide bonds. The van der Waals surface area contributed by atoms with Gasteiger partial charge in [-0.1, -0.05) is 0 Å². The average Bonchev–Trinajstić information content (AvgIpc) is 2.72. The molecule has 0 atom stereocenters. The van der Waals surface area contributed by atoms with Crippen LogP contribution >= 0.6 is 35.3 Å². The molecule has 0 fully saturated rings. The molecule has 1 rings (SSSR count). The van der Waals surface area contributed by atoms with E-state index in [0.29, 0.717) is 19.0 Å². The molecule has 1 aromatic rings. The molecule has 0 bridgehead atoms. The minimum absolute atomic E-state index is 0. The van der Waals surface area contributed by atoms with Crippen molar-refractivity contribution in [1.82, 2.24) is 20.9 Å².